The zero-order chi connectivity index (χ0) is 16.5. The maximum absolute atomic E-state index is 12.3. The number of ether oxygens (including phenoxy) is 2. The van der Waals surface area contributed by atoms with Gasteiger partial charge in [0.15, 0.2) is 0 Å². The molecule has 0 unspecified atom stereocenters. The van der Waals surface area contributed by atoms with E-state index in [4.69, 9.17) is 21.1 Å². The smallest absolute Gasteiger partial charge is 0.292 e. The Morgan fingerprint density at radius 2 is 2.00 bits per heavy atom. The molecule has 0 fully saturated rings. The lowest BCUT2D eigenvalue weighted by Gasteiger charge is -2.10. The number of hydrogen-bond donors (Lipinski definition) is 1. The minimum atomic E-state index is -0.348. The highest BCUT2D eigenvalue weighted by Gasteiger charge is 2.09. The standard InChI is InChI=1S/C16H20ClN3O3/c1-22-10-11-23-9-5-8-18-14-12-19-20(16(21)15(14)17)13-6-3-2-4-7-13/h2-4,6-7,12,18H,5,8-11H2,1H3. The lowest BCUT2D eigenvalue weighted by molar-refractivity contribution is 0.0705. The highest BCUT2D eigenvalue weighted by Crippen LogP contribution is 2.16. The fourth-order valence-corrected chi connectivity index (χ4v) is 2.15. The number of anilines is 1. The number of methoxy groups -OCH3 is 1. The molecular formula is C16H20ClN3O3. The van der Waals surface area contributed by atoms with Crippen LogP contribution >= 0.6 is 11.6 Å². The van der Waals surface area contributed by atoms with Crippen molar-refractivity contribution in [2.24, 2.45) is 0 Å². The van der Waals surface area contributed by atoms with Gasteiger partial charge in [-0.3, -0.25) is 4.79 Å². The Morgan fingerprint density at radius 3 is 2.74 bits per heavy atom. The van der Waals surface area contributed by atoms with Crippen molar-refractivity contribution in [3.63, 3.8) is 0 Å². The average molecular weight is 338 g/mol. The molecule has 0 radical (unpaired) electrons. The van der Waals surface area contributed by atoms with Gasteiger partial charge in [-0.2, -0.15) is 9.78 Å². The van der Waals surface area contributed by atoms with Gasteiger partial charge in [-0.05, 0) is 18.6 Å². The number of rotatable bonds is 9. The zero-order valence-electron chi connectivity index (χ0n) is 13.0. The van der Waals surface area contributed by atoms with Crippen molar-refractivity contribution >= 4 is 17.3 Å². The Labute approximate surface area is 140 Å². The average Bonchev–Trinajstić information content (AvgIpc) is 2.58. The maximum Gasteiger partial charge on any atom is 0.292 e. The molecule has 6 nitrogen and oxygen atoms in total. The maximum atomic E-state index is 12.3. The minimum absolute atomic E-state index is 0.129. The van der Waals surface area contributed by atoms with E-state index in [1.54, 1.807) is 25.4 Å². The molecule has 0 bridgehead atoms. The third kappa shape index (κ3) is 5.06. The number of hydrogen-bond acceptors (Lipinski definition) is 5. The molecule has 0 aliphatic carbocycles. The summed E-state index contributed by atoms with van der Waals surface area (Å²) >= 11 is 6.15. The normalized spacial score (nSPS) is 10.7. The van der Waals surface area contributed by atoms with Crippen LogP contribution in [0.15, 0.2) is 41.3 Å². The molecular weight excluding hydrogens is 318 g/mol. The summed E-state index contributed by atoms with van der Waals surface area (Å²) in [6.45, 7) is 2.42. The molecule has 23 heavy (non-hydrogen) atoms. The summed E-state index contributed by atoms with van der Waals surface area (Å²) in [4.78, 5) is 12.3. The Hall–Kier alpha value is -1.89. The van der Waals surface area contributed by atoms with E-state index < -0.39 is 0 Å². The van der Waals surface area contributed by atoms with Gasteiger partial charge in [-0.15, -0.1) is 0 Å². The number of halogens is 1. The van der Waals surface area contributed by atoms with E-state index in [9.17, 15) is 4.79 Å². The van der Waals surface area contributed by atoms with Crippen molar-refractivity contribution in [2.75, 3.05) is 38.8 Å². The first-order valence-electron chi connectivity index (χ1n) is 7.38. The highest BCUT2D eigenvalue weighted by atomic mass is 35.5. The van der Waals surface area contributed by atoms with Crippen molar-refractivity contribution < 1.29 is 9.47 Å². The number of benzene rings is 1. The summed E-state index contributed by atoms with van der Waals surface area (Å²) < 4.78 is 11.5. The zero-order valence-corrected chi connectivity index (χ0v) is 13.8. The molecule has 1 aromatic carbocycles. The van der Waals surface area contributed by atoms with Crippen LogP contribution in [-0.2, 0) is 9.47 Å². The fraction of sp³-hybridized carbons (Fsp3) is 0.375. The second-order valence-electron chi connectivity index (χ2n) is 4.81. The monoisotopic (exact) mass is 337 g/mol. The predicted molar refractivity (Wildman–Crippen MR) is 90.6 cm³/mol. The van der Waals surface area contributed by atoms with E-state index >= 15 is 0 Å². The molecule has 0 spiro atoms. The summed E-state index contributed by atoms with van der Waals surface area (Å²) in [5.74, 6) is 0. The summed E-state index contributed by atoms with van der Waals surface area (Å²) in [7, 11) is 1.64. The highest BCUT2D eigenvalue weighted by molar-refractivity contribution is 6.32. The molecule has 0 saturated carbocycles. The second kappa shape index (κ2) is 9.29. The molecule has 0 aliphatic heterocycles. The molecule has 0 saturated heterocycles. The van der Waals surface area contributed by atoms with Crippen LogP contribution < -0.4 is 10.9 Å². The molecule has 124 valence electrons. The van der Waals surface area contributed by atoms with Crippen LogP contribution in [0.1, 0.15) is 6.42 Å². The van der Waals surface area contributed by atoms with E-state index in [1.807, 2.05) is 18.2 Å². The van der Waals surface area contributed by atoms with E-state index in [-0.39, 0.29) is 10.6 Å². The summed E-state index contributed by atoms with van der Waals surface area (Å²) in [6.07, 6.45) is 2.35. The minimum Gasteiger partial charge on any atom is -0.382 e. The van der Waals surface area contributed by atoms with Crippen molar-refractivity contribution in [3.8, 4) is 5.69 Å². The van der Waals surface area contributed by atoms with Crippen molar-refractivity contribution in [1.82, 2.24) is 9.78 Å². The molecule has 0 atom stereocenters. The van der Waals surface area contributed by atoms with Crippen LogP contribution in [-0.4, -0.2) is 43.3 Å². The lowest BCUT2D eigenvalue weighted by atomic mass is 10.3. The van der Waals surface area contributed by atoms with Crippen LogP contribution in [0.25, 0.3) is 5.69 Å². The topological polar surface area (TPSA) is 65.4 Å². The van der Waals surface area contributed by atoms with Gasteiger partial charge < -0.3 is 14.8 Å². The van der Waals surface area contributed by atoms with Crippen molar-refractivity contribution in [3.05, 3.63) is 51.9 Å². The van der Waals surface area contributed by atoms with Gasteiger partial charge >= 0.3 is 0 Å². The molecule has 1 heterocycles. The predicted octanol–water partition coefficient (Wildman–Crippen LogP) is 2.35. The number of nitrogens with one attached hydrogen (secondary N) is 1. The summed E-state index contributed by atoms with van der Waals surface area (Å²) in [6, 6.07) is 9.16. The van der Waals surface area contributed by atoms with Crippen LogP contribution in [0.2, 0.25) is 5.02 Å². The fourth-order valence-electron chi connectivity index (χ4n) is 1.95. The molecule has 0 aliphatic rings. The first-order valence-corrected chi connectivity index (χ1v) is 7.75. The van der Waals surface area contributed by atoms with Crippen LogP contribution in [0.5, 0.6) is 0 Å². The first kappa shape index (κ1) is 17.5. The molecule has 2 rings (SSSR count). The number of aromatic nitrogens is 2. The Morgan fingerprint density at radius 1 is 1.22 bits per heavy atom. The quantitative estimate of drug-likeness (QED) is 0.711. The van der Waals surface area contributed by atoms with E-state index in [0.29, 0.717) is 37.7 Å². The largest absolute Gasteiger partial charge is 0.382 e. The van der Waals surface area contributed by atoms with Gasteiger partial charge in [0.2, 0.25) is 0 Å². The van der Waals surface area contributed by atoms with Gasteiger partial charge in [0, 0.05) is 20.3 Å². The molecule has 1 aromatic heterocycles. The molecule has 2 aromatic rings. The van der Waals surface area contributed by atoms with Crippen molar-refractivity contribution in [2.45, 2.75) is 6.42 Å². The summed E-state index contributed by atoms with van der Waals surface area (Å²) in [5.41, 5.74) is 0.859. The third-order valence-electron chi connectivity index (χ3n) is 3.13. The molecule has 0 amide bonds. The van der Waals surface area contributed by atoms with Gasteiger partial charge in [-0.25, -0.2) is 0 Å². The molecule has 1 N–H and O–H groups in total. The van der Waals surface area contributed by atoms with Crippen molar-refractivity contribution in [1.29, 1.82) is 0 Å². The van der Waals surface area contributed by atoms with Crippen LogP contribution in [0, 0.1) is 0 Å². The first-order chi connectivity index (χ1) is 11.2. The third-order valence-corrected chi connectivity index (χ3v) is 3.50. The van der Waals surface area contributed by atoms with Gasteiger partial charge in [-0.1, -0.05) is 29.8 Å². The SMILES string of the molecule is COCCOCCCNc1cnn(-c2ccccc2)c(=O)c1Cl. The van der Waals surface area contributed by atoms with E-state index in [1.165, 1.54) is 4.68 Å². The van der Waals surface area contributed by atoms with Gasteiger partial charge in [0.05, 0.1) is 30.8 Å². The van der Waals surface area contributed by atoms with Crippen LogP contribution in [0.4, 0.5) is 5.69 Å². The van der Waals surface area contributed by atoms with Crippen LogP contribution in [0.3, 0.4) is 0 Å². The Bertz CT molecular complexity index is 661. The van der Waals surface area contributed by atoms with Gasteiger partial charge in [0.1, 0.15) is 5.02 Å². The Kier molecular flexibility index (Phi) is 7.06. The van der Waals surface area contributed by atoms with E-state index in [2.05, 4.69) is 10.4 Å². The number of nitrogens with zero attached hydrogens (tertiary/aromatic N) is 2. The second-order valence-corrected chi connectivity index (χ2v) is 5.19. The molecule has 7 heteroatoms. The van der Waals surface area contributed by atoms with Gasteiger partial charge in [0.25, 0.3) is 5.56 Å². The lowest BCUT2D eigenvalue weighted by Crippen LogP contribution is -2.23. The summed E-state index contributed by atoms with van der Waals surface area (Å²) in [5, 5.41) is 7.39. The van der Waals surface area contributed by atoms with E-state index in [0.717, 1.165) is 6.42 Å². The number of para-hydroxylation sites is 1. The Balaban J connectivity index is 1.92.